The molecular formula is C16H15ClFNO4. The molecule has 0 aliphatic carbocycles. The van der Waals surface area contributed by atoms with E-state index in [1.54, 1.807) is 13.8 Å². The standard InChI is InChI=1S/C16H15ClFNO4/c1-3-13-11(16(21)22)7-14(23-13)15(20)19-8(2)10-5-4-9(18)6-12(10)17/h4-8H,3H2,1-2H3,(H,19,20)(H,21,22). The van der Waals surface area contributed by atoms with Crippen molar-refractivity contribution in [1.82, 2.24) is 5.32 Å². The van der Waals surface area contributed by atoms with Crippen molar-refractivity contribution in [1.29, 1.82) is 0 Å². The van der Waals surface area contributed by atoms with Crippen LogP contribution < -0.4 is 5.32 Å². The van der Waals surface area contributed by atoms with E-state index in [0.717, 1.165) is 6.07 Å². The van der Waals surface area contributed by atoms with Gasteiger partial charge >= 0.3 is 5.97 Å². The van der Waals surface area contributed by atoms with Crippen LogP contribution in [0.2, 0.25) is 5.02 Å². The highest BCUT2D eigenvalue weighted by Crippen LogP contribution is 2.24. The molecule has 2 aromatic rings. The summed E-state index contributed by atoms with van der Waals surface area (Å²) in [6.07, 6.45) is 0.355. The van der Waals surface area contributed by atoms with E-state index in [1.807, 2.05) is 0 Å². The van der Waals surface area contributed by atoms with Crippen LogP contribution in [0.5, 0.6) is 0 Å². The van der Waals surface area contributed by atoms with Gasteiger partial charge < -0.3 is 14.8 Å². The summed E-state index contributed by atoms with van der Waals surface area (Å²) in [5, 5.41) is 11.9. The smallest absolute Gasteiger partial charge is 0.339 e. The predicted molar refractivity (Wildman–Crippen MR) is 82.3 cm³/mol. The van der Waals surface area contributed by atoms with E-state index in [0.29, 0.717) is 12.0 Å². The Morgan fingerprint density at radius 3 is 2.61 bits per heavy atom. The topological polar surface area (TPSA) is 79.5 Å². The minimum Gasteiger partial charge on any atom is -0.478 e. The van der Waals surface area contributed by atoms with Gasteiger partial charge in [-0.15, -0.1) is 0 Å². The van der Waals surface area contributed by atoms with Crippen molar-refractivity contribution in [2.24, 2.45) is 0 Å². The third-order valence-corrected chi connectivity index (χ3v) is 3.69. The highest BCUT2D eigenvalue weighted by molar-refractivity contribution is 6.31. The molecule has 122 valence electrons. The van der Waals surface area contributed by atoms with Crippen LogP contribution in [0.15, 0.2) is 28.7 Å². The lowest BCUT2D eigenvalue weighted by atomic mass is 10.1. The Bertz CT molecular complexity index is 757. The summed E-state index contributed by atoms with van der Waals surface area (Å²) in [5.41, 5.74) is 0.507. The first-order valence-electron chi connectivity index (χ1n) is 6.95. The Labute approximate surface area is 137 Å². The molecule has 1 amide bonds. The number of nitrogens with one attached hydrogen (secondary N) is 1. The fourth-order valence-corrected chi connectivity index (χ4v) is 2.51. The molecule has 7 heteroatoms. The largest absolute Gasteiger partial charge is 0.478 e. The quantitative estimate of drug-likeness (QED) is 0.867. The third kappa shape index (κ3) is 3.71. The maximum Gasteiger partial charge on any atom is 0.339 e. The number of carbonyl (C=O) groups excluding carboxylic acids is 1. The van der Waals surface area contributed by atoms with Gasteiger partial charge in [0.15, 0.2) is 5.76 Å². The Morgan fingerprint density at radius 2 is 2.09 bits per heavy atom. The Balaban J connectivity index is 2.20. The van der Waals surface area contributed by atoms with Crippen molar-refractivity contribution in [2.45, 2.75) is 26.3 Å². The van der Waals surface area contributed by atoms with Crippen LogP contribution in [0.4, 0.5) is 4.39 Å². The SMILES string of the molecule is CCc1oc(C(=O)NC(C)c2ccc(F)cc2Cl)cc1C(=O)O. The van der Waals surface area contributed by atoms with Gasteiger partial charge in [-0.05, 0) is 24.6 Å². The highest BCUT2D eigenvalue weighted by atomic mass is 35.5. The van der Waals surface area contributed by atoms with Crippen molar-refractivity contribution >= 4 is 23.5 Å². The van der Waals surface area contributed by atoms with Gasteiger partial charge in [0.05, 0.1) is 6.04 Å². The number of furan rings is 1. The number of benzene rings is 1. The van der Waals surface area contributed by atoms with Gasteiger partial charge in [0.2, 0.25) is 0 Å². The van der Waals surface area contributed by atoms with E-state index in [1.165, 1.54) is 18.2 Å². The first-order valence-corrected chi connectivity index (χ1v) is 7.33. The molecule has 1 aromatic carbocycles. The molecule has 0 bridgehead atoms. The molecule has 2 rings (SSSR count). The molecule has 2 N–H and O–H groups in total. The second-order valence-electron chi connectivity index (χ2n) is 4.97. The summed E-state index contributed by atoms with van der Waals surface area (Å²) < 4.78 is 18.3. The van der Waals surface area contributed by atoms with E-state index in [9.17, 15) is 14.0 Å². The molecule has 0 aliphatic heterocycles. The molecule has 1 atom stereocenters. The van der Waals surface area contributed by atoms with Crippen molar-refractivity contribution in [3.05, 3.63) is 57.8 Å². The van der Waals surface area contributed by atoms with E-state index < -0.39 is 23.7 Å². The van der Waals surface area contributed by atoms with Gasteiger partial charge in [0, 0.05) is 17.5 Å². The van der Waals surface area contributed by atoms with Crippen LogP contribution in [0.1, 0.15) is 52.1 Å². The first kappa shape index (κ1) is 17.0. The van der Waals surface area contributed by atoms with Gasteiger partial charge in [-0.25, -0.2) is 9.18 Å². The first-order chi connectivity index (χ1) is 10.8. The third-order valence-electron chi connectivity index (χ3n) is 3.36. The highest BCUT2D eigenvalue weighted by Gasteiger charge is 2.22. The monoisotopic (exact) mass is 339 g/mol. The minimum atomic E-state index is -1.15. The molecule has 23 heavy (non-hydrogen) atoms. The summed E-state index contributed by atoms with van der Waals surface area (Å²) in [7, 11) is 0. The number of carboxylic acids is 1. The zero-order valence-electron chi connectivity index (χ0n) is 12.5. The number of carboxylic acid groups (broad SMARTS) is 1. The number of halogens is 2. The zero-order chi connectivity index (χ0) is 17.1. The summed E-state index contributed by atoms with van der Waals surface area (Å²) in [6.45, 7) is 3.41. The lowest BCUT2D eigenvalue weighted by molar-refractivity contribution is 0.0694. The maximum absolute atomic E-state index is 13.1. The van der Waals surface area contributed by atoms with E-state index >= 15 is 0 Å². The number of aromatic carboxylic acids is 1. The molecule has 0 aliphatic rings. The average molecular weight is 340 g/mol. The summed E-state index contributed by atoms with van der Waals surface area (Å²) >= 11 is 5.95. The normalized spacial score (nSPS) is 12.0. The molecule has 0 fully saturated rings. The molecule has 0 saturated carbocycles. The Kier molecular flexibility index (Phi) is 5.05. The van der Waals surface area contributed by atoms with Gasteiger partial charge in [-0.3, -0.25) is 4.79 Å². The lowest BCUT2D eigenvalue weighted by Gasteiger charge is -2.14. The summed E-state index contributed by atoms with van der Waals surface area (Å²) in [4.78, 5) is 23.3. The molecule has 5 nitrogen and oxygen atoms in total. The van der Waals surface area contributed by atoms with Crippen LogP contribution in [-0.4, -0.2) is 17.0 Å². The molecular weight excluding hydrogens is 325 g/mol. The average Bonchev–Trinajstić information content (AvgIpc) is 2.91. The number of amides is 1. The maximum atomic E-state index is 13.1. The molecule has 0 spiro atoms. The number of hydrogen-bond acceptors (Lipinski definition) is 3. The van der Waals surface area contributed by atoms with Gasteiger partial charge in [0.1, 0.15) is 17.1 Å². The lowest BCUT2D eigenvalue weighted by Crippen LogP contribution is -2.26. The molecule has 1 aromatic heterocycles. The number of rotatable bonds is 5. The number of carbonyl (C=O) groups is 2. The Morgan fingerprint density at radius 1 is 1.39 bits per heavy atom. The van der Waals surface area contributed by atoms with Crippen molar-refractivity contribution in [3.8, 4) is 0 Å². The number of hydrogen-bond donors (Lipinski definition) is 2. The molecule has 1 unspecified atom stereocenters. The molecule has 1 heterocycles. The summed E-state index contributed by atoms with van der Waals surface area (Å²) in [6, 6.07) is 4.57. The second-order valence-corrected chi connectivity index (χ2v) is 5.37. The van der Waals surface area contributed by atoms with Gasteiger partial charge in [0.25, 0.3) is 5.91 Å². The zero-order valence-corrected chi connectivity index (χ0v) is 13.3. The van der Waals surface area contributed by atoms with Crippen molar-refractivity contribution < 1.29 is 23.5 Å². The van der Waals surface area contributed by atoms with Crippen LogP contribution in [0.25, 0.3) is 0 Å². The summed E-state index contributed by atoms with van der Waals surface area (Å²) in [5.74, 6) is -2.05. The van der Waals surface area contributed by atoms with Crippen LogP contribution in [0, 0.1) is 5.82 Å². The minimum absolute atomic E-state index is 0.0369. The molecule has 0 saturated heterocycles. The molecule has 0 radical (unpaired) electrons. The van der Waals surface area contributed by atoms with Crippen LogP contribution in [0.3, 0.4) is 0 Å². The van der Waals surface area contributed by atoms with E-state index in [2.05, 4.69) is 5.32 Å². The second kappa shape index (κ2) is 6.83. The fraction of sp³-hybridized carbons (Fsp3) is 0.250. The van der Waals surface area contributed by atoms with Gasteiger partial charge in [-0.2, -0.15) is 0 Å². The fourth-order valence-electron chi connectivity index (χ4n) is 2.18. The Hall–Kier alpha value is -2.34. The van der Waals surface area contributed by atoms with Crippen molar-refractivity contribution in [2.75, 3.05) is 0 Å². The predicted octanol–water partition coefficient (Wildman–Crippen LogP) is 3.82. The van der Waals surface area contributed by atoms with E-state index in [4.69, 9.17) is 21.1 Å². The van der Waals surface area contributed by atoms with Crippen LogP contribution in [-0.2, 0) is 6.42 Å². The van der Waals surface area contributed by atoms with Crippen molar-refractivity contribution in [3.63, 3.8) is 0 Å². The van der Waals surface area contributed by atoms with Gasteiger partial charge in [-0.1, -0.05) is 24.6 Å². The van der Waals surface area contributed by atoms with E-state index in [-0.39, 0.29) is 22.1 Å². The van der Waals surface area contributed by atoms with Crippen LogP contribution >= 0.6 is 11.6 Å². The number of aryl methyl sites for hydroxylation is 1.